The van der Waals surface area contributed by atoms with Crippen LogP contribution in [-0.4, -0.2) is 29.7 Å². The average molecular weight is 309 g/mol. The molecule has 0 saturated carbocycles. The van der Waals surface area contributed by atoms with Crippen LogP contribution < -0.4 is 10.1 Å². The molecule has 3 rings (SSSR count). The van der Waals surface area contributed by atoms with Gasteiger partial charge in [0.05, 0.1) is 16.6 Å². The first-order valence-corrected chi connectivity index (χ1v) is 8.02. The molecular formula is C19H23N3O. The van der Waals surface area contributed by atoms with E-state index in [-0.39, 0.29) is 5.41 Å². The van der Waals surface area contributed by atoms with E-state index in [1.165, 1.54) is 0 Å². The Morgan fingerprint density at radius 2 is 1.61 bits per heavy atom. The van der Waals surface area contributed by atoms with Crippen LogP contribution in [0.1, 0.15) is 20.8 Å². The van der Waals surface area contributed by atoms with Gasteiger partial charge in [-0.15, -0.1) is 0 Å². The van der Waals surface area contributed by atoms with Crippen molar-refractivity contribution in [2.45, 2.75) is 20.8 Å². The summed E-state index contributed by atoms with van der Waals surface area (Å²) in [5.74, 6) is 0.790. The van der Waals surface area contributed by atoms with E-state index in [2.05, 4.69) is 31.1 Å². The van der Waals surface area contributed by atoms with E-state index in [1.807, 2.05) is 42.5 Å². The summed E-state index contributed by atoms with van der Waals surface area (Å²) in [5.41, 5.74) is 3.76. The molecule has 0 amide bonds. The van der Waals surface area contributed by atoms with Gasteiger partial charge in [-0.05, 0) is 29.7 Å². The number of para-hydroxylation sites is 3. The molecule has 2 aromatic carbocycles. The summed E-state index contributed by atoms with van der Waals surface area (Å²) in [7, 11) is 0. The van der Waals surface area contributed by atoms with Crippen molar-refractivity contribution in [3.05, 3.63) is 42.5 Å². The molecule has 0 aliphatic carbocycles. The number of benzene rings is 2. The number of rotatable bonds is 5. The van der Waals surface area contributed by atoms with Crippen molar-refractivity contribution in [1.29, 1.82) is 0 Å². The Kier molecular flexibility index (Phi) is 4.44. The first-order chi connectivity index (χ1) is 11.0. The minimum Gasteiger partial charge on any atom is -0.490 e. The Bertz CT molecular complexity index is 808. The van der Waals surface area contributed by atoms with E-state index < -0.39 is 0 Å². The summed E-state index contributed by atoms with van der Waals surface area (Å²) in [6, 6.07) is 13.8. The molecule has 3 aromatic rings. The molecule has 1 heterocycles. The van der Waals surface area contributed by atoms with Crippen molar-refractivity contribution < 1.29 is 4.74 Å². The van der Waals surface area contributed by atoms with Crippen LogP contribution in [0.15, 0.2) is 42.5 Å². The van der Waals surface area contributed by atoms with E-state index in [0.717, 1.165) is 40.9 Å². The summed E-state index contributed by atoms with van der Waals surface area (Å²) in [6.07, 6.45) is 0. The van der Waals surface area contributed by atoms with Crippen molar-refractivity contribution in [3.8, 4) is 5.75 Å². The van der Waals surface area contributed by atoms with Gasteiger partial charge >= 0.3 is 0 Å². The van der Waals surface area contributed by atoms with Gasteiger partial charge in [0.1, 0.15) is 17.9 Å². The highest BCUT2D eigenvalue weighted by Gasteiger charge is 2.09. The third-order valence-electron chi connectivity index (χ3n) is 3.52. The predicted molar refractivity (Wildman–Crippen MR) is 94.9 cm³/mol. The molecule has 1 aromatic heterocycles. The zero-order valence-corrected chi connectivity index (χ0v) is 14.0. The second kappa shape index (κ2) is 6.50. The lowest BCUT2D eigenvalue weighted by Crippen LogP contribution is -2.30. The second-order valence-electron chi connectivity index (χ2n) is 6.92. The summed E-state index contributed by atoms with van der Waals surface area (Å²) < 4.78 is 5.92. The highest BCUT2D eigenvalue weighted by Crippen LogP contribution is 2.24. The zero-order chi connectivity index (χ0) is 16.3. The first kappa shape index (κ1) is 15.7. The van der Waals surface area contributed by atoms with Crippen LogP contribution in [0.2, 0.25) is 0 Å². The standard InChI is InChI=1S/C19H23N3O/c1-19(2,3)13-20-11-12-23-17-10-6-9-16-18(17)22-15-8-5-4-7-14(15)21-16/h4-10,20H,11-13H2,1-3H3. The molecule has 0 spiro atoms. The van der Waals surface area contributed by atoms with E-state index in [0.29, 0.717) is 6.61 Å². The van der Waals surface area contributed by atoms with Crippen LogP contribution in [0, 0.1) is 5.41 Å². The van der Waals surface area contributed by atoms with Crippen LogP contribution in [0.4, 0.5) is 0 Å². The molecule has 0 saturated heterocycles. The number of fused-ring (bicyclic) bond motifs is 2. The van der Waals surface area contributed by atoms with Gasteiger partial charge in [0.2, 0.25) is 0 Å². The lowest BCUT2D eigenvalue weighted by molar-refractivity contribution is 0.299. The van der Waals surface area contributed by atoms with Gasteiger partial charge in [-0.25, -0.2) is 9.97 Å². The largest absolute Gasteiger partial charge is 0.490 e. The van der Waals surface area contributed by atoms with Crippen molar-refractivity contribution in [1.82, 2.24) is 15.3 Å². The van der Waals surface area contributed by atoms with Crippen molar-refractivity contribution in [3.63, 3.8) is 0 Å². The highest BCUT2D eigenvalue weighted by atomic mass is 16.5. The summed E-state index contributed by atoms with van der Waals surface area (Å²) in [6.45, 7) is 9.04. The quantitative estimate of drug-likeness (QED) is 0.575. The SMILES string of the molecule is CC(C)(C)CNCCOc1cccc2nc3ccccc3nc12. The van der Waals surface area contributed by atoms with Gasteiger partial charge in [0.15, 0.2) is 0 Å². The maximum absolute atomic E-state index is 5.92. The molecule has 0 aliphatic heterocycles. The minimum absolute atomic E-state index is 0.282. The molecule has 4 heteroatoms. The molecule has 0 atom stereocenters. The zero-order valence-electron chi connectivity index (χ0n) is 14.0. The molecule has 23 heavy (non-hydrogen) atoms. The third kappa shape index (κ3) is 3.96. The second-order valence-corrected chi connectivity index (χ2v) is 6.92. The van der Waals surface area contributed by atoms with Crippen molar-refractivity contribution in [2.24, 2.45) is 5.41 Å². The molecule has 120 valence electrons. The number of ether oxygens (including phenoxy) is 1. The molecule has 1 N–H and O–H groups in total. The fourth-order valence-electron chi connectivity index (χ4n) is 2.43. The van der Waals surface area contributed by atoms with Crippen molar-refractivity contribution >= 4 is 22.1 Å². The maximum atomic E-state index is 5.92. The van der Waals surface area contributed by atoms with Crippen LogP contribution in [0.3, 0.4) is 0 Å². The number of hydrogen-bond donors (Lipinski definition) is 1. The maximum Gasteiger partial charge on any atom is 0.147 e. The number of nitrogens with zero attached hydrogens (tertiary/aromatic N) is 2. The Hall–Kier alpha value is -2.20. The fraction of sp³-hybridized carbons (Fsp3) is 0.368. The molecule has 0 radical (unpaired) electrons. The Morgan fingerprint density at radius 3 is 2.35 bits per heavy atom. The van der Waals surface area contributed by atoms with Crippen LogP contribution >= 0.6 is 0 Å². The van der Waals surface area contributed by atoms with Crippen LogP contribution in [0.25, 0.3) is 22.1 Å². The van der Waals surface area contributed by atoms with Crippen LogP contribution in [-0.2, 0) is 0 Å². The topological polar surface area (TPSA) is 47.0 Å². The first-order valence-electron chi connectivity index (χ1n) is 8.02. The average Bonchev–Trinajstić information content (AvgIpc) is 2.52. The highest BCUT2D eigenvalue weighted by molar-refractivity contribution is 5.89. The Morgan fingerprint density at radius 1 is 0.913 bits per heavy atom. The Balaban J connectivity index is 1.74. The number of nitrogens with one attached hydrogen (secondary N) is 1. The smallest absolute Gasteiger partial charge is 0.147 e. The van der Waals surface area contributed by atoms with E-state index >= 15 is 0 Å². The Labute approximate surface area is 136 Å². The fourth-order valence-corrected chi connectivity index (χ4v) is 2.43. The lowest BCUT2D eigenvalue weighted by atomic mass is 9.97. The molecular weight excluding hydrogens is 286 g/mol. The van der Waals surface area contributed by atoms with Gasteiger partial charge in [-0.1, -0.05) is 39.0 Å². The third-order valence-corrected chi connectivity index (χ3v) is 3.52. The van der Waals surface area contributed by atoms with Gasteiger partial charge in [0.25, 0.3) is 0 Å². The van der Waals surface area contributed by atoms with E-state index in [9.17, 15) is 0 Å². The minimum atomic E-state index is 0.282. The molecule has 0 fully saturated rings. The molecule has 0 unspecified atom stereocenters. The molecule has 4 nitrogen and oxygen atoms in total. The van der Waals surface area contributed by atoms with Crippen LogP contribution in [0.5, 0.6) is 5.75 Å². The molecule has 0 aliphatic rings. The summed E-state index contributed by atoms with van der Waals surface area (Å²) in [5, 5.41) is 3.41. The lowest BCUT2D eigenvalue weighted by Gasteiger charge is -2.18. The van der Waals surface area contributed by atoms with Gasteiger partial charge in [-0.3, -0.25) is 0 Å². The van der Waals surface area contributed by atoms with E-state index in [4.69, 9.17) is 9.72 Å². The van der Waals surface area contributed by atoms with Gasteiger partial charge in [0, 0.05) is 13.1 Å². The summed E-state index contributed by atoms with van der Waals surface area (Å²) in [4.78, 5) is 9.36. The summed E-state index contributed by atoms with van der Waals surface area (Å²) >= 11 is 0. The normalized spacial score (nSPS) is 12.0. The van der Waals surface area contributed by atoms with Crippen molar-refractivity contribution in [2.75, 3.05) is 19.7 Å². The number of hydrogen-bond acceptors (Lipinski definition) is 4. The molecule has 0 bridgehead atoms. The van der Waals surface area contributed by atoms with Gasteiger partial charge in [-0.2, -0.15) is 0 Å². The predicted octanol–water partition coefficient (Wildman–Crippen LogP) is 3.80. The van der Waals surface area contributed by atoms with E-state index in [1.54, 1.807) is 0 Å². The number of aromatic nitrogens is 2. The van der Waals surface area contributed by atoms with Gasteiger partial charge < -0.3 is 10.1 Å². The monoisotopic (exact) mass is 309 g/mol.